The van der Waals surface area contributed by atoms with Crippen LogP contribution in [0.3, 0.4) is 0 Å². The first kappa shape index (κ1) is 14.0. The molecule has 120 valence electrons. The van der Waals surface area contributed by atoms with E-state index in [4.69, 9.17) is 0 Å². The Morgan fingerprint density at radius 1 is 0.957 bits per heavy atom. The lowest BCUT2D eigenvalue weighted by Crippen LogP contribution is -2.43. The van der Waals surface area contributed by atoms with Crippen LogP contribution in [-0.2, 0) is 28.3 Å². The highest BCUT2D eigenvalue weighted by molar-refractivity contribution is 7.93. The first-order valence-electron chi connectivity index (χ1n) is 8.48. The number of aryl methyl sites for hydroxylation is 2. The van der Waals surface area contributed by atoms with Gasteiger partial charge in [-0.1, -0.05) is 30.3 Å². The lowest BCUT2D eigenvalue weighted by atomic mass is 9.82. The topological polar surface area (TPSA) is 54.4 Å². The van der Waals surface area contributed by atoms with Crippen LogP contribution in [0.25, 0.3) is 10.8 Å². The molecule has 2 bridgehead atoms. The van der Waals surface area contributed by atoms with Crippen LogP contribution in [0.4, 0.5) is 0 Å². The van der Waals surface area contributed by atoms with E-state index in [1.165, 1.54) is 16.5 Å². The minimum atomic E-state index is -3.03. The van der Waals surface area contributed by atoms with Crippen LogP contribution in [0.2, 0.25) is 0 Å². The van der Waals surface area contributed by atoms with Crippen molar-refractivity contribution >= 4 is 20.6 Å². The Morgan fingerprint density at radius 2 is 1.61 bits per heavy atom. The number of rotatable bonds is 1. The number of fused-ring (bicyclic) bond motifs is 2. The maximum absolute atomic E-state index is 12.4. The molecule has 23 heavy (non-hydrogen) atoms. The van der Waals surface area contributed by atoms with Crippen molar-refractivity contribution < 1.29 is 13.5 Å². The molecule has 0 spiro atoms. The summed E-state index contributed by atoms with van der Waals surface area (Å²) in [5.74, 6) is 0. The van der Waals surface area contributed by atoms with Crippen LogP contribution in [0.15, 0.2) is 30.3 Å². The quantitative estimate of drug-likeness (QED) is 0.876. The van der Waals surface area contributed by atoms with Crippen LogP contribution < -0.4 is 0 Å². The number of sulfone groups is 1. The number of aliphatic hydroxyl groups is 1. The van der Waals surface area contributed by atoms with Gasteiger partial charge < -0.3 is 5.11 Å². The summed E-state index contributed by atoms with van der Waals surface area (Å²) in [5, 5.41) is 13.1. The fourth-order valence-corrected chi connectivity index (χ4v) is 7.61. The molecule has 2 unspecified atom stereocenters. The molecule has 1 aliphatic carbocycles. The van der Waals surface area contributed by atoms with Crippen LogP contribution in [-0.4, -0.2) is 24.0 Å². The second kappa shape index (κ2) is 4.37. The SMILES string of the molecule is O=S1(=O)C2CCC1CC(O)(c1ccc3c4c(cccc14)CC3)C2. The first-order valence-corrected chi connectivity index (χ1v) is 10.1. The van der Waals surface area contributed by atoms with Crippen LogP contribution in [0, 0.1) is 0 Å². The molecule has 0 radical (unpaired) electrons. The van der Waals surface area contributed by atoms with Gasteiger partial charge in [-0.2, -0.15) is 0 Å². The van der Waals surface area contributed by atoms with Crippen LogP contribution >= 0.6 is 0 Å². The number of hydrogen-bond acceptors (Lipinski definition) is 3. The average Bonchev–Trinajstić information content (AvgIpc) is 2.97. The van der Waals surface area contributed by atoms with Crippen molar-refractivity contribution in [1.82, 2.24) is 0 Å². The molecule has 3 nitrogen and oxygen atoms in total. The Labute approximate surface area is 136 Å². The molecule has 0 amide bonds. The number of benzene rings is 2. The summed E-state index contributed by atoms with van der Waals surface area (Å²) < 4.78 is 24.7. The van der Waals surface area contributed by atoms with E-state index in [1.54, 1.807) is 0 Å². The van der Waals surface area contributed by atoms with Crippen LogP contribution in [0.1, 0.15) is 42.4 Å². The van der Waals surface area contributed by atoms with E-state index in [-0.39, 0.29) is 10.5 Å². The Kier molecular flexibility index (Phi) is 2.66. The molecule has 2 heterocycles. The zero-order chi connectivity index (χ0) is 15.8. The van der Waals surface area contributed by atoms with Gasteiger partial charge in [-0.05, 0) is 66.0 Å². The largest absolute Gasteiger partial charge is 0.385 e. The summed E-state index contributed by atoms with van der Waals surface area (Å²) >= 11 is 0. The minimum Gasteiger partial charge on any atom is -0.385 e. The van der Waals surface area contributed by atoms with E-state index in [0.29, 0.717) is 25.7 Å². The van der Waals surface area contributed by atoms with Gasteiger partial charge in [0.15, 0.2) is 9.84 Å². The molecule has 2 saturated heterocycles. The molecule has 2 aliphatic heterocycles. The van der Waals surface area contributed by atoms with Gasteiger partial charge in [0, 0.05) is 0 Å². The Morgan fingerprint density at radius 3 is 2.30 bits per heavy atom. The Balaban J connectivity index is 1.70. The van der Waals surface area contributed by atoms with Crippen molar-refractivity contribution in [2.45, 2.75) is 54.6 Å². The molecule has 2 fully saturated rings. The lowest BCUT2D eigenvalue weighted by molar-refractivity contribution is 0.0188. The predicted molar refractivity (Wildman–Crippen MR) is 90.2 cm³/mol. The van der Waals surface area contributed by atoms with Crippen molar-refractivity contribution in [3.63, 3.8) is 0 Å². The normalized spacial score (nSPS) is 34.1. The van der Waals surface area contributed by atoms with E-state index >= 15 is 0 Å². The molecule has 2 aromatic carbocycles. The summed E-state index contributed by atoms with van der Waals surface area (Å²) in [6, 6.07) is 10.5. The highest BCUT2D eigenvalue weighted by atomic mass is 32.2. The molecule has 4 heteroatoms. The lowest BCUT2D eigenvalue weighted by Gasteiger charge is -2.37. The van der Waals surface area contributed by atoms with Gasteiger partial charge >= 0.3 is 0 Å². The number of hydrogen-bond donors (Lipinski definition) is 1. The van der Waals surface area contributed by atoms with Gasteiger partial charge in [-0.25, -0.2) is 8.42 Å². The smallest absolute Gasteiger partial charge is 0.156 e. The molecule has 0 saturated carbocycles. The van der Waals surface area contributed by atoms with Gasteiger partial charge in [-0.15, -0.1) is 0 Å². The van der Waals surface area contributed by atoms with Crippen molar-refractivity contribution in [3.05, 3.63) is 47.0 Å². The molecule has 0 aromatic heterocycles. The molecule has 2 aromatic rings. The predicted octanol–water partition coefficient (Wildman–Crippen LogP) is 2.87. The Hall–Kier alpha value is -1.39. The summed E-state index contributed by atoms with van der Waals surface area (Å²) in [7, 11) is -3.03. The van der Waals surface area contributed by atoms with Gasteiger partial charge in [0.2, 0.25) is 0 Å². The highest BCUT2D eigenvalue weighted by Crippen LogP contribution is 2.49. The zero-order valence-electron chi connectivity index (χ0n) is 13.0. The van der Waals surface area contributed by atoms with Crippen molar-refractivity contribution in [2.75, 3.05) is 0 Å². The summed E-state index contributed by atoms with van der Waals surface area (Å²) in [6.45, 7) is 0. The standard InChI is InChI=1S/C19H20O3S/c20-19(10-14-7-8-15(11-19)23(14,21)22)17-9-6-13-5-4-12-2-1-3-16(17)18(12)13/h1-3,6,9,14-15,20H,4-5,7-8,10-11H2. The third kappa shape index (κ3) is 1.76. The maximum Gasteiger partial charge on any atom is 0.156 e. The van der Waals surface area contributed by atoms with Crippen LogP contribution in [0.5, 0.6) is 0 Å². The van der Waals surface area contributed by atoms with Gasteiger partial charge in [0.05, 0.1) is 16.1 Å². The summed E-state index contributed by atoms with van der Waals surface area (Å²) in [5.41, 5.74) is 2.65. The monoisotopic (exact) mass is 328 g/mol. The van der Waals surface area contributed by atoms with E-state index < -0.39 is 15.4 Å². The van der Waals surface area contributed by atoms with Crippen molar-refractivity contribution in [3.8, 4) is 0 Å². The molecule has 2 atom stereocenters. The van der Waals surface area contributed by atoms with E-state index in [2.05, 4.69) is 24.3 Å². The highest BCUT2D eigenvalue weighted by Gasteiger charge is 2.53. The van der Waals surface area contributed by atoms with Crippen molar-refractivity contribution in [2.24, 2.45) is 0 Å². The molecule has 3 aliphatic rings. The zero-order valence-corrected chi connectivity index (χ0v) is 13.8. The minimum absolute atomic E-state index is 0.352. The molecular weight excluding hydrogens is 308 g/mol. The molecular formula is C19H20O3S. The van der Waals surface area contributed by atoms with Gasteiger partial charge in [0.25, 0.3) is 0 Å². The maximum atomic E-state index is 12.4. The fourth-order valence-electron chi connectivity index (χ4n) is 5.12. The van der Waals surface area contributed by atoms with Gasteiger partial charge in [-0.3, -0.25) is 0 Å². The third-order valence-electron chi connectivity index (χ3n) is 6.25. The average molecular weight is 328 g/mol. The summed E-state index contributed by atoms with van der Waals surface area (Å²) in [4.78, 5) is 0. The molecule has 1 N–H and O–H groups in total. The third-order valence-corrected chi connectivity index (χ3v) is 8.91. The second-order valence-corrected chi connectivity index (χ2v) is 9.97. The molecule has 5 rings (SSSR count). The van der Waals surface area contributed by atoms with E-state index in [9.17, 15) is 13.5 Å². The second-order valence-electron chi connectivity index (χ2n) is 7.46. The fraction of sp³-hybridized carbons (Fsp3) is 0.474. The van der Waals surface area contributed by atoms with E-state index in [1.807, 2.05) is 6.07 Å². The van der Waals surface area contributed by atoms with Crippen molar-refractivity contribution in [1.29, 1.82) is 0 Å². The van der Waals surface area contributed by atoms with E-state index in [0.717, 1.165) is 23.8 Å². The first-order chi connectivity index (χ1) is 11.0. The van der Waals surface area contributed by atoms with Gasteiger partial charge in [0.1, 0.15) is 0 Å². The summed E-state index contributed by atoms with van der Waals surface area (Å²) in [6.07, 6.45) is 4.24. The Bertz CT molecular complexity index is 899.